The number of aromatic nitrogens is 1. The van der Waals surface area contributed by atoms with Crippen molar-refractivity contribution in [2.75, 3.05) is 39.2 Å². The Hall–Kier alpha value is -2.48. The molecule has 8 heteroatoms. The van der Waals surface area contributed by atoms with Crippen LogP contribution in [-0.2, 0) is 4.74 Å². The summed E-state index contributed by atoms with van der Waals surface area (Å²) < 4.78 is 5.96. The predicted octanol–water partition coefficient (Wildman–Crippen LogP) is 4.72. The van der Waals surface area contributed by atoms with Crippen LogP contribution in [0.15, 0.2) is 36.4 Å². The Morgan fingerprint density at radius 3 is 2.26 bits per heavy atom. The van der Waals surface area contributed by atoms with E-state index in [0.717, 1.165) is 34.3 Å². The third kappa shape index (κ3) is 5.42. The Kier molecular flexibility index (Phi) is 8.56. The molecule has 0 atom stereocenters. The van der Waals surface area contributed by atoms with Gasteiger partial charge in [-0.25, -0.2) is 9.78 Å². The molecular formula is C23H28ClN3O3S. The lowest BCUT2D eigenvalue weighted by atomic mass is 10.1. The highest BCUT2D eigenvalue weighted by molar-refractivity contribution is 7.22. The minimum Gasteiger partial charge on any atom is -0.465 e. The van der Waals surface area contributed by atoms with Crippen LogP contribution in [0.5, 0.6) is 0 Å². The largest absolute Gasteiger partial charge is 0.465 e. The Bertz CT molecular complexity index is 1040. The van der Waals surface area contributed by atoms with Gasteiger partial charge in [0.1, 0.15) is 0 Å². The summed E-state index contributed by atoms with van der Waals surface area (Å²) in [5, 5.41) is 0.644. The van der Waals surface area contributed by atoms with E-state index >= 15 is 0 Å². The second kappa shape index (κ2) is 10.7. The van der Waals surface area contributed by atoms with Crippen molar-refractivity contribution >= 4 is 51.0 Å². The highest BCUT2D eigenvalue weighted by atomic mass is 35.5. The monoisotopic (exact) mass is 461 g/mol. The second-order valence-corrected chi connectivity index (χ2v) is 8.50. The smallest absolute Gasteiger partial charge is 0.338 e. The van der Waals surface area contributed by atoms with Gasteiger partial charge < -0.3 is 9.64 Å². The zero-order valence-corrected chi connectivity index (χ0v) is 20.1. The first-order valence-corrected chi connectivity index (χ1v) is 10.7. The number of aryl methyl sites for hydroxylation is 2. The first kappa shape index (κ1) is 24.8. The normalized spacial score (nSPS) is 10.8. The van der Waals surface area contributed by atoms with Crippen LogP contribution in [0, 0.1) is 13.8 Å². The Balaban J connectivity index is 0.00000341. The predicted molar refractivity (Wildman–Crippen MR) is 129 cm³/mol. The summed E-state index contributed by atoms with van der Waals surface area (Å²) in [6.07, 6.45) is 0.785. The first-order chi connectivity index (χ1) is 14.3. The molecule has 0 aliphatic heterocycles. The highest BCUT2D eigenvalue weighted by Gasteiger charge is 2.26. The summed E-state index contributed by atoms with van der Waals surface area (Å²) >= 11 is 1.51. The standard InChI is InChI=1S/C23H27N3O3S.ClH/c1-15-11-12-16(2)20-19(15)24-23(30-20)26(14-8-13-25(3)4)21(27)17-9-6-7-10-18(17)22(28)29-5;/h6-7,9-12H,8,13-14H2,1-5H3;1H. The van der Waals surface area contributed by atoms with Gasteiger partial charge in [-0.1, -0.05) is 35.6 Å². The summed E-state index contributed by atoms with van der Waals surface area (Å²) in [5.41, 5.74) is 3.71. The molecule has 0 fully saturated rings. The van der Waals surface area contributed by atoms with E-state index in [1.54, 1.807) is 29.2 Å². The molecule has 0 aliphatic rings. The molecule has 0 saturated carbocycles. The quantitative estimate of drug-likeness (QED) is 0.476. The molecule has 31 heavy (non-hydrogen) atoms. The maximum absolute atomic E-state index is 13.6. The Labute approximate surface area is 193 Å². The average Bonchev–Trinajstić information content (AvgIpc) is 3.19. The molecule has 1 heterocycles. The van der Waals surface area contributed by atoms with Crippen LogP contribution in [-0.4, -0.2) is 56.1 Å². The van der Waals surface area contributed by atoms with Crippen LogP contribution in [0.1, 0.15) is 38.3 Å². The van der Waals surface area contributed by atoms with Crippen molar-refractivity contribution in [2.24, 2.45) is 0 Å². The second-order valence-electron chi connectivity index (χ2n) is 7.52. The number of esters is 1. The number of hydrogen-bond acceptors (Lipinski definition) is 6. The van der Waals surface area contributed by atoms with E-state index < -0.39 is 5.97 Å². The zero-order valence-electron chi connectivity index (χ0n) is 18.5. The number of benzene rings is 2. The maximum Gasteiger partial charge on any atom is 0.338 e. The van der Waals surface area contributed by atoms with Crippen LogP contribution in [0.2, 0.25) is 0 Å². The minimum atomic E-state index is -0.525. The average molecular weight is 462 g/mol. The molecule has 1 aromatic heterocycles. The molecule has 0 unspecified atom stereocenters. The number of hydrogen-bond donors (Lipinski definition) is 0. The summed E-state index contributed by atoms with van der Waals surface area (Å²) in [7, 11) is 5.32. The van der Waals surface area contributed by atoms with Gasteiger partial charge in [0.05, 0.1) is 28.5 Å². The fourth-order valence-corrected chi connectivity index (χ4v) is 4.43. The van der Waals surface area contributed by atoms with E-state index in [4.69, 9.17) is 9.72 Å². The van der Waals surface area contributed by atoms with E-state index in [-0.39, 0.29) is 23.9 Å². The van der Waals surface area contributed by atoms with Gasteiger partial charge in [-0.3, -0.25) is 9.69 Å². The van der Waals surface area contributed by atoms with Crippen LogP contribution in [0.4, 0.5) is 5.13 Å². The van der Waals surface area contributed by atoms with Gasteiger partial charge in [0.2, 0.25) is 0 Å². The number of carbonyl (C=O) groups is 2. The summed E-state index contributed by atoms with van der Waals surface area (Å²) in [4.78, 5) is 34.4. The third-order valence-corrected chi connectivity index (χ3v) is 6.17. The summed E-state index contributed by atoms with van der Waals surface area (Å²) in [6, 6.07) is 10.9. The lowest BCUT2D eigenvalue weighted by molar-refractivity contribution is 0.0597. The number of halogens is 1. The van der Waals surface area contributed by atoms with Crippen molar-refractivity contribution in [1.82, 2.24) is 9.88 Å². The van der Waals surface area contributed by atoms with Gasteiger partial charge in [-0.15, -0.1) is 12.4 Å². The molecular weight excluding hydrogens is 434 g/mol. The van der Waals surface area contributed by atoms with Crippen molar-refractivity contribution in [2.45, 2.75) is 20.3 Å². The molecule has 0 aliphatic carbocycles. The maximum atomic E-state index is 13.6. The molecule has 1 amide bonds. The Morgan fingerprint density at radius 2 is 1.65 bits per heavy atom. The van der Waals surface area contributed by atoms with Crippen molar-refractivity contribution in [1.29, 1.82) is 0 Å². The number of amides is 1. The van der Waals surface area contributed by atoms with Crippen molar-refractivity contribution < 1.29 is 14.3 Å². The van der Waals surface area contributed by atoms with Gasteiger partial charge in [-0.05, 0) is 64.2 Å². The fourth-order valence-electron chi connectivity index (χ4n) is 3.30. The van der Waals surface area contributed by atoms with Gasteiger partial charge in [0.15, 0.2) is 5.13 Å². The van der Waals surface area contributed by atoms with Crippen molar-refractivity contribution in [3.63, 3.8) is 0 Å². The molecule has 0 spiro atoms. The number of thiazole rings is 1. The number of carbonyl (C=O) groups excluding carboxylic acids is 2. The number of ether oxygens (including phenoxy) is 1. The van der Waals surface area contributed by atoms with E-state index in [2.05, 4.69) is 17.9 Å². The number of anilines is 1. The fraction of sp³-hybridized carbons (Fsp3) is 0.348. The number of fused-ring (bicyclic) bond motifs is 1. The number of methoxy groups -OCH3 is 1. The van der Waals surface area contributed by atoms with Gasteiger partial charge in [-0.2, -0.15) is 0 Å². The van der Waals surface area contributed by atoms with Crippen LogP contribution in [0.3, 0.4) is 0 Å². The van der Waals surface area contributed by atoms with E-state index in [9.17, 15) is 9.59 Å². The lowest BCUT2D eigenvalue weighted by Gasteiger charge is -2.22. The van der Waals surface area contributed by atoms with Crippen LogP contribution < -0.4 is 4.90 Å². The van der Waals surface area contributed by atoms with Crippen LogP contribution >= 0.6 is 23.7 Å². The molecule has 2 aromatic carbocycles. The summed E-state index contributed by atoms with van der Waals surface area (Å²) in [5.74, 6) is -0.771. The van der Waals surface area contributed by atoms with Gasteiger partial charge in [0, 0.05) is 6.54 Å². The molecule has 0 N–H and O–H groups in total. The lowest BCUT2D eigenvalue weighted by Crippen LogP contribution is -2.34. The first-order valence-electron chi connectivity index (χ1n) is 9.84. The SMILES string of the molecule is COC(=O)c1ccccc1C(=O)N(CCCN(C)C)c1nc2c(C)ccc(C)c2s1.Cl. The number of nitrogens with zero attached hydrogens (tertiary/aromatic N) is 3. The van der Waals surface area contributed by atoms with Gasteiger partial charge >= 0.3 is 5.97 Å². The molecule has 3 rings (SSSR count). The molecule has 0 radical (unpaired) electrons. The molecule has 3 aromatic rings. The van der Waals surface area contributed by atoms with E-state index in [0.29, 0.717) is 17.2 Å². The van der Waals surface area contributed by atoms with Crippen molar-refractivity contribution in [3.05, 3.63) is 58.7 Å². The molecule has 166 valence electrons. The van der Waals surface area contributed by atoms with E-state index in [1.807, 2.05) is 27.1 Å². The third-order valence-electron chi connectivity index (χ3n) is 4.96. The number of rotatable bonds is 7. The molecule has 0 saturated heterocycles. The molecule has 6 nitrogen and oxygen atoms in total. The van der Waals surface area contributed by atoms with Crippen LogP contribution in [0.25, 0.3) is 10.2 Å². The topological polar surface area (TPSA) is 62.7 Å². The minimum absolute atomic E-state index is 0. The van der Waals surface area contributed by atoms with Gasteiger partial charge in [0.25, 0.3) is 5.91 Å². The highest BCUT2D eigenvalue weighted by Crippen LogP contribution is 2.34. The summed E-state index contributed by atoms with van der Waals surface area (Å²) in [6.45, 7) is 5.42. The van der Waals surface area contributed by atoms with E-state index in [1.165, 1.54) is 18.4 Å². The molecule has 0 bridgehead atoms. The van der Waals surface area contributed by atoms with Crippen molar-refractivity contribution in [3.8, 4) is 0 Å². The Morgan fingerprint density at radius 1 is 1.00 bits per heavy atom. The zero-order chi connectivity index (χ0) is 21.8.